The first-order valence-electron chi connectivity index (χ1n) is 8.35. The summed E-state index contributed by atoms with van der Waals surface area (Å²) in [4.78, 5) is 8.79. The van der Waals surface area contributed by atoms with Crippen molar-refractivity contribution in [3.8, 4) is 11.5 Å². The zero-order valence-corrected chi connectivity index (χ0v) is 14.8. The molecule has 0 aliphatic heterocycles. The lowest BCUT2D eigenvalue weighted by atomic mass is 10.1. The van der Waals surface area contributed by atoms with E-state index in [-0.39, 0.29) is 0 Å². The molecule has 128 valence electrons. The number of hydrogen-bond acceptors (Lipinski definition) is 4. The van der Waals surface area contributed by atoms with E-state index in [1.165, 1.54) is 0 Å². The number of hydrogen-bond donors (Lipinski definition) is 0. The molecule has 0 unspecified atom stereocenters. The molecule has 25 heavy (non-hydrogen) atoms. The summed E-state index contributed by atoms with van der Waals surface area (Å²) < 4.78 is 11.2. The molecule has 1 aromatic heterocycles. The lowest BCUT2D eigenvalue weighted by Crippen LogP contribution is -2.05. The van der Waals surface area contributed by atoms with E-state index in [1.54, 1.807) is 13.3 Å². The van der Waals surface area contributed by atoms with E-state index in [2.05, 4.69) is 23.8 Å². The van der Waals surface area contributed by atoms with Gasteiger partial charge in [0, 0.05) is 29.4 Å². The third kappa shape index (κ3) is 4.15. The number of fused-ring (bicyclic) bond motifs is 1. The molecule has 4 heteroatoms. The molecule has 3 aromatic rings. The van der Waals surface area contributed by atoms with Crippen molar-refractivity contribution < 1.29 is 9.47 Å². The van der Waals surface area contributed by atoms with Crippen molar-refractivity contribution in [3.05, 3.63) is 60.4 Å². The molecule has 0 aliphatic carbocycles. The van der Waals surface area contributed by atoms with Gasteiger partial charge in [-0.3, -0.25) is 9.98 Å². The average Bonchev–Trinajstić information content (AvgIpc) is 2.64. The highest BCUT2D eigenvalue weighted by molar-refractivity contribution is 5.94. The summed E-state index contributed by atoms with van der Waals surface area (Å²) >= 11 is 0. The Kier molecular flexibility index (Phi) is 5.29. The Morgan fingerprint density at radius 3 is 2.80 bits per heavy atom. The van der Waals surface area contributed by atoms with Crippen molar-refractivity contribution in [2.45, 2.75) is 13.8 Å². The van der Waals surface area contributed by atoms with Crippen LogP contribution < -0.4 is 9.47 Å². The lowest BCUT2D eigenvalue weighted by Gasteiger charge is -2.12. The van der Waals surface area contributed by atoms with Gasteiger partial charge in [-0.1, -0.05) is 26.0 Å². The van der Waals surface area contributed by atoms with Crippen LogP contribution in [0.2, 0.25) is 0 Å². The monoisotopic (exact) mass is 334 g/mol. The van der Waals surface area contributed by atoms with Crippen LogP contribution in [0, 0.1) is 5.92 Å². The number of pyridine rings is 1. The highest BCUT2D eigenvalue weighted by atomic mass is 16.5. The first-order chi connectivity index (χ1) is 12.2. The molecular formula is C21H22N2O2. The Bertz CT molecular complexity index is 883. The Labute approximate surface area is 148 Å². The van der Waals surface area contributed by atoms with E-state index >= 15 is 0 Å². The number of benzene rings is 2. The lowest BCUT2D eigenvalue weighted by molar-refractivity contribution is 0.257. The Morgan fingerprint density at radius 1 is 1.12 bits per heavy atom. The average molecular weight is 334 g/mol. The molecule has 1 heterocycles. The first-order valence-corrected chi connectivity index (χ1v) is 8.35. The molecule has 0 atom stereocenters. The number of rotatable bonds is 6. The van der Waals surface area contributed by atoms with Gasteiger partial charge >= 0.3 is 0 Å². The van der Waals surface area contributed by atoms with Crippen molar-refractivity contribution in [2.75, 3.05) is 13.7 Å². The van der Waals surface area contributed by atoms with E-state index in [1.807, 2.05) is 54.9 Å². The number of aromatic nitrogens is 1. The fraction of sp³-hybridized carbons (Fsp3) is 0.238. The third-order valence-corrected chi connectivity index (χ3v) is 3.77. The van der Waals surface area contributed by atoms with Gasteiger partial charge in [-0.05, 0) is 41.8 Å². The summed E-state index contributed by atoms with van der Waals surface area (Å²) in [6, 6.07) is 13.8. The zero-order chi connectivity index (χ0) is 17.6. The molecule has 3 rings (SSSR count). The number of nitrogens with zero attached hydrogens (tertiary/aromatic N) is 2. The molecule has 0 amide bonds. The van der Waals surface area contributed by atoms with Gasteiger partial charge in [0.25, 0.3) is 0 Å². The minimum atomic E-state index is 0.465. The summed E-state index contributed by atoms with van der Waals surface area (Å²) in [7, 11) is 1.65. The van der Waals surface area contributed by atoms with Crippen LogP contribution in [-0.2, 0) is 0 Å². The molecular weight excluding hydrogens is 312 g/mol. The molecule has 4 nitrogen and oxygen atoms in total. The summed E-state index contributed by atoms with van der Waals surface area (Å²) in [5.41, 5.74) is 1.87. The summed E-state index contributed by atoms with van der Waals surface area (Å²) in [6.07, 6.45) is 5.47. The standard InChI is InChI=1S/C21H22N2O2/c1-15(2)14-25-20-8-7-16(11-21(20)24-3)12-23-19-6-4-5-17-13-22-10-9-18(17)19/h4-13,15H,14H2,1-3H3. The van der Waals surface area contributed by atoms with Crippen molar-refractivity contribution in [1.82, 2.24) is 4.98 Å². The van der Waals surface area contributed by atoms with Crippen molar-refractivity contribution >= 4 is 22.7 Å². The molecule has 0 saturated heterocycles. The smallest absolute Gasteiger partial charge is 0.161 e. The number of methoxy groups -OCH3 is 1. The first kappa shape index (κ1) is 17.0. The van der Waals surface area contributed by atoms with E-state index in [0.717, 1.165) is 27.8 Å². The molecule has 0 fully saturated rings. The molecule has 2 aromatic carbocycles. The highest BCUT2D eigenvalue weighted by Crippen LogP contribution is 2.29. The van der Waals surface area contributed by atoms with Gasteiger partial charge in [-0.2, -0.15) is 0 Å². The minimum absolute atomic E-state index is 0.465. The SMILES string of the molecule is COc1cc(C=Nc2cccc3cnccc23)ccc1OCC(C)C. The topological polar surface area (TPSA) is 43.7 Å². The van der Waals surface area contributed by atoms with Crippen LogP contribution >= 0.6 is 0 Å². The van der Waals surface area contributed by atoms with Crippen LogP contribution in [-0.4, -0.2) is 24.9 Å². The Balaban J connectivity index is 1.85. The predicted molar refractivity (Wildman–Crippen MR) is 102 cm³/mol. The Hall–Kier alpha value is -2.88. The quantitative estimate of drug-likeness (QED) is 0.594. The van der Waals surface area contributed by atoms with Gasteiger partial charge in [0.2, 0.25) is 0 Å². The molecule has 0 saturated carbocycles. The highest BCUT2D eigenvalue weighted by Gasteiger charge is 2.06. The second-order valence-electron chi connectivity index (χ2n) is 6.25. The summed E-state index contributed by atoms with van der Waals surface area (Å²) in [5.74, 6) is 1.93. The fourth-order valence-corrected chi connectivity index (χ4v) is 2.50. The maximum atomic E-state index is 5.79. The maximum Gasteiger partial charge on any atom is 0.161 e. The predicted octanol–water partition coefficient (Wildman–Crippen LogP) is 5.03. The van der Waals surface area contributed by atoms with Crippen molar-refractivity contribution in [2.24, 2.45) is 10.9 Å². The minimum Gasteiger partial charge on any atom is -0.493 e. The van der Waals surface area contributed by atoms with Crippen LogP contribution in [0.3, 0.4) is 0 Å². The van der Waals surface area contributed by atoms with Crippen LogP contribution in [0.25, 0.3) is 10.8 Å². The van der Waals surface area contributed by atoms with E-state index in [0.29, 0.717) is 18.3 Å². The second-order valence-corrected chi connectivity index (χ2v) is 6.25. The largest absolute Gasteiger partial charge is 0.493 e. The van der Waals surface area contributed by atoms with Gasteiger partial charge in [0.05, 0.1) is 19.4 Å². The fourth-order valence-electron chi connectivity index (χ4n) is 2.50. The molecule has 0 bridgehead atoms. The van der Waals surface area contributed by atoms with Crippen LogP contribution in [0.15, 0.2) is 59.9 Å². The summed E-state index contributed by atoms with van der Waals surface area (Å²) in [5, 5.41) is 2.16. The number of aliphatic imine (C=N–C) groups is 1. The zero-order valence-electron chi connectivity index (χ0n) is 14.8. The van der Waals surface area contributed by atoms with Crippen LogP contribution in [0.1, 0.15) is 19.4 Å². The van der Waals surface area contributed by atoms with Crippen LogP contribution in [0.4, 0.5) is 5.69 Å². The van der Waals surface area contributed by atoms with Gasteiger partial charge < -0.3 is 9.47 Å². The third-order valence-electron chi connectivity index (χ3n) is 3.77. The van der Waals surface area contributed by atoms with E-state index < -0.39 is 0 Å². The van der Waals surface area contributed by atoms with Gasteiger partial charge in [0.15, 0.2) is 11.5 Å². The van der Waals surface area contributed by atoms with Gasteiger partial charge in [-0.25, -0.2) is 0 Å². The van der Waals surface area contributed by atoms with Gasteiger partial charge in [-0.15, -0.1) is 0 Å². The molecule has 0 aliphatic rings. The van der Waals surface area contributed by atoms with Crippen molar-refractivity contribution in [3.63, 3.8) is 0 Å². The molecule has 0 radical (unpaired) electrons. The summed E-state index contributed by atoms with van der Waals surface area (Å²) in [6.45, 7) is 4.90. The van der Waals surface area contributed by atoms with Crippen molar-refractivity contribution in [1.29, 1.82) is 0 Å². The van der Waals surface area contributed by atoms with Gasteiger partial charge in [0.1, 0.15) is 0 Å². The number of ether oxygens (including phenoxy) is 2. The maximum absolute atomic E-state index is 5.79. The normalized spacial score (nSPS) is 11.4. The van der Waals surface area contributed by atoms with E-state index in [4.69, 9.17) is 9.47 Å². The van der Waals surface area contributed by atoms with Crippen LogP contribution in [0.5, 0.6) is 11.5 Å². The van der Waals surface area contributed by atoms with E-state index in [9.17, 15) is 0 Å². The molecule has 0 spiro atoms. The second kappa shape index (κ2) is 7.79. The molecule has 0 N–H and O–H groups in total. The Morgan fingerprint density at radius 2 is 2.00 bits per heavy atom.